The molecule has 1 unspecified atom stereocenters. The van der Waals surface area contributed by atoms with Crippen molar-refractivity contribution in [3.8, 4) is 0 Å². The highest BCUT2D eigenvalue weighted by atomic mass is 32.2. The number of quaternary nitrogens is 1. The molecule has 0 saturated heterocycles. The first-order valence-electron chi connectivity index (χ1n) is 9.64. The average molecular weight is 732 g/mol. The third kappa shape index (κ3) is 5.74. The summed E-state index contributed by atoms with van der Waals surface area (Å²) in [7, 11) is -6.23. The van der Waals surface area contributed by atoms with Gasteiger partial charge in [0.15, 0.2) is 10.1 Å². The van der Waals surface area contributed by atoms with E-state index in [0.29, 0.717) is 0 Å². The van der Waals surface area contributed by atoms with Gasteiger partial charge in [-0.3, -0.25) is 0 Å². The van der Waals surface area contributed by atoms with Crippen LogP contribution in [0.4, 0.5) is 101 Å². The Kier molecular flexibility index (Phi) is 10.9. The second-order valence-electron chi connectivity index (χ2n) is 7.72. The molecule has 0 amide bonds. The smallest absolute Gasteiger partial charge is 0.464 e. The highest BCUT2D eigenvalue weighted by molar-refractivity contribution is 7.86. The van der Waals surface area contributed by atoms with Crippen molar-refractivity contribution >= 4 is 16.0 Å². The Hall–Kier alpha value is -2.33. The average Bonchev–Trinajstić information content (AvgIpc) is 3.09. The Morgan fingerprint density at radius 1 is 0.682 bits per heavy atom. The maximum absolute atomic E-state index is 14.3. The summed E-state index contributed by atoms with van der Waals surface area (Å²) in [6.07, 6.45) is -17.7. The highest BCUT2D eigenvalue weighted by Crippen LogP contribution is 2.62. The molecule has 44 heavy (non-hydrogen) atoms. The summed E-state index contributed by atoms with van der Waals surface area (Å²) >= 11 is 0. The molecule has 0 N–H and O–H groups in total. The van der Waals surface area contributed by atoms with Crippen LogP contribution in [0, 0.1) is 0 Å². The molecule has 1 heterocycles. The number of amidine groups is 1. The van der Waals surface area contributed by atoms with Crippen molar-refractivity contribution in [1.82, 2.24) is 0 Å². The van der Waals surface area contributed by atoms with Gasteiger partial charge in [-0.25, -0.2) is 17.2 Å². The first-order valence-corrected chi connectivity index (χ1v) is 11.0. The van der Waals surface area contributed by atoms with Gasteiger partial charge in [0.25, 0.3) is 5.84 Å². The molecule has 0 aromatic rings. The summed E-state index contributed by atoms with van der Waals surface area (Å²) < 4.78 is 321. The molecule has 0 bridgehead atoms. The van der Waals surface area contributed by atoms with Crippen LogP contribution >= 0.6 is 0 Å². The molecular weight excluding hydrogens is 725 g/mol. The van der Waals surface area contributed by atoms with Gasteiger partial charge in [-0.2, -0.15) is 84.0 Å². The Bertz CT molecular complexity index is 1240. The summed E-state index contributed by atoms with van der Waals surface area (Å²) in [5.41, 5.74) is 0. The molecule has 0 fully saturated rings. The van der Waals surface area contributed by atoms with E-state index in [-0.39, 0.29) is 6.92 Å². The standard InChI is InChI=1S/C13H6F19N2.C2H2F4O3S/c1-2-34(8(20,21)5(16)17)4(15)3(14)33-6(34)7(18,19)9(22,23)10(24,25)11(26,27)12(28,29)13(30,31)32;3-1(4)2(5,6)10(7,8)9/h5H,2H2,1H3;1H,(H,7,8,9)/q+1;/p-1. The van der Waals surface area contributed by atoms with Crippen molar-refractivity contribution < 1.29 is 118 Å². The van der Waals surface area contributed by atoms with Crippen LogP contribution in [0.1, 0.15) is 6.92 Å². The SMILES string of the molecule is CC[N+]1(C(F)(F)C(F)F)C(C(F)(F)C(F)(F)C(F)(F)C(F)(F)C(F)(F)C(F)(F)F)=NC(F)=C1F.O=S(=O)([O-])C(F)(F)C(F)F. The third-order valence-corrected chi connectivity index (χ3v) is 5.96. The van der Waals surface area contributed by atoms with E-state index in [4.69, 9.17) is 0 Å². The molecule has 1 atom stereocenters. The van der Waals surface area contributed by atoms with Crippen molar-refractivity contribution in [1.29, 1.82) is 0 Å². The van der Waals surface area contributed by atoms with Gasteiger partial charge < -0.3 is 4.55 Å². The number of aliphatic imine (C=N–C) groups is 1. The Balaban J connectivity index is 0.00000158. The molecular formula is C15H7F23N2O3S. The van der Waals surface area contributed by atoms with E-state index in [1.165, 1.54) is 4.99 Å². The van der Waals surface area contributed by atoms with Crippen LogP contribution in [0.3, 0.4) is 0 Å². The number of nitrogens with zero attached hydrogens (tertiary/aromatic N) is 2. The normalized spacial score (nSPS) is 20.3. The van der Waals surface area contributed by atoms with Crippen molar-refractivity contribution in [2.75, 3.05) is 6.54 Å². The minimum absolute atomic E-state index is 0.0389. The van der Waals surface area contributed by atoms with Gasteiger partial charge in [0.1, 0.15) is 0 Å². The highest BCUT2D eigenvalue weighted by Gasteiger charge is 2.93. The van der Waals surface area contributed by atoms with Gasteiger partial charge in [0.05, 0.1) is 6.54 Å². The van der Waals surface area contributed by atoms with Crippen LogP contribution in [0.5, 0.6) is 0 Å². The zero-order valence-corrected chi connectivity index (χ0v) is 20.4. The van der Waals surface area contributed by atoms with Gasteiger partial charge in [0.2, 0.25) is 0 Å². The van der Waals surface area contributed by atoms with Gasteiger partial charge in [-0.05, 0) is 6.92 Å². The number of hydrogen-bond acceptors (Lipinski definition) is 4. The van der Waals surface area contributed by atoms with E-state index in [1.807, 2.05) is 0 Å². The Morgan fingerprint density at radius 3 is 1.30 bits per heavy atom. The van der Waals surface area contributed by atoms with Crippen LogP contribution in [0.15, 0.2) is 16.9 Å². The third-order valence-electron chi connectivity index (χ3n) is 5.12. The fraction of sp³-hybridized carbons (Fsp3) is 0.800. The van der Waals surface area contributed by atoms with Gasteiger partial charge in [0, 0.05) is 0 Å². The lowest BCUT2D eigenvalue weighted by Crippen LogP contribution is -2.75. The predicted octanol–water partition coefficient (Wildman–Crippen LogP) is 7.29. The molecule has 0 saturated carbocycles. The van der Waals surface area contributed by atoms with Crippen LogP contribution < -0.4 is 0 Å². The van der Waals surface area contributed by atoms with E-state index in [0.717, 1.165) is 0 Å². The largest absolute Gasteiger partial charge is 0.743 e. The van der Waals surface area contributed by atoms with E-state index in [1.54, 1.807) is 0 Å². The summed E-state index contributed by atoms with van der Waals surface area (Å²) in [4.78, 5) is 1.38. The van der Waals surface area contributed by atoms with Crippen LogP contribution in [0.25, 0.3) is 0 Å². The van der Waals surface area contributed by atoms with E-state index < -0.39 is 98.8 Å². The minimum atomic E-state index is -8.54. The summed E-state index contributed by atoms with van der Waals surface area (Å²) in [6.45, 7) is -2.43. The summed E-state index contributed by atoms with van der Waals surface area (Å²) in [5, 5.41) is -5.48. The quantitative estimate of drug-likeness (QED) is 0.103. The topological polar surface area (TPSA) is 69.6 Å². The van der Waals surface area contributed by atoms with Crippen molar-refractivity contribution in [2.45, 2.75) is 66.9 Å². The number of hydrogen-bond donors (Lipinski definition) is 0. The Labute approximate surface area is 225 Å². The minimum Gasteiger partial charge on any atom is -0.743 e. The van der Waals surface area contributed by atoms with Crippen LogP contribution in [0.2, 0.25) is 0 Å². The maximum Gasteiger partial charge on any atom is 0.464 e. The zero-order chi connectivity index (χ0) is 36.3. The number of alkyl halides is 21. The molecule has 5 nitrogen and oxygen atoms in total. The van der Waals surface area contributed by atoms with Crippen molar-refractivity contribution in [3.63, 3.8) is 0 Å². The molecule has 1 aliphatic heterocycles. The second-order valence-corrected chi connectivity index (χ2v) is 9.17. The lowest BCUT2D eigenvalue weighted by molar-refractivity contribution is -0.918. The fourth-order valence-electron chi connectivity index (χ4n) is 2.74. The summed E-state index contributed by atoms with van der Waals surface area (Å²) in [6, 6.07) is -6.47. The molecule has 29 heteroatoms. The lowest BCUT2D eigenvalue weighted by atomic mass is 9.92. The number of halogens is 23. The molecule has 262 valence electrons. The van der Waals surface area contributed by atoms with E-state index in [9.17, 15) is 114 Å². The van der Waals surface area contributed by atoms with Crippen LogP contribution in [-0.2, 0) is 10.1 Å². The monoisotopic (exact) mass is 732 g/mol. The van der Waals surface area contributed by atoms with E-state index >= 15 is 0 Å². The lowest BCUT2D eigenvalue weighted by Gasteiger charge is -2.43. The molecule has 1 rings (SSSR count). The van der Waals surface area contributed by atoms with Gasteiger partial charge in [-0.15, -0.1) is 17.7 Å². The second kappa shape index (κ2) is 11.5. The Morgan fingerprint density at radius 2 is 1.05 bits per heavy atom. The zero-order valence-electron chi connectivity index (χ0n) is 19.6. The van der Waals surface area contributed by atoms with Crippen molar-refractivity contribution in [3.05, 3.63) is 11.9 Å². The molecule has 0 aliphatic carbocycles. The molecule has 0 radical (unpaired) electrons. The number of rotatable bonds is 10. The van der Waals surface area contributed by atoms with Crippen molar-refractivity contribution in [2.24, 2.45) is 4.99 Å². The first-order chi connectivity index (χ1) is 18.9. The first kappa shape index (κ1) is 41.7. The van der Waals surface area contributed by atoms with Gasteiger partial charge >= 0.3 is 71.8 Å². The molecule has 0 aromatic heterocycles. The fourth-order valence-corrected chi connectivity index (χ4v) is 2.96. The van der Waals surface area contributed by atoms with Gasteiger partial charge in [-0.1, -0.05) is 0 Å². The molecule has 0 aromatic carbocycles. The molecule has 0 spiro atoms. The predicted molar refractivity (Wildman–Crippen MR) is 89.9 cm³/mol. The maximum atomic E-state index is 14.3. The molecule has 1 aliphatic rings. The van der Waals surface area contributed by atoms with E-state index in [2.05, 4.69) is 0 Å². The summed E-state index contributed by atoms with van der Waals surface area (Å²) in [5.74, 6) is -52.1. The van der Waals surface area contributed by atoms with Crippen LogP contribution in [-0.4, -0.2) is 89.8 Å².